The lowest BCUT2D eigenvalue weighted by Crippen LogP contribution is -2.36. The van der Waals surface area contributed by atoms with Gasteiger partial charge < -0.3 is 15.0 Å². The van der Waals surface area contributed by atoms with Crippen LogP contribution in [0, 0.1) is 5.92 Å². The van der Waals surface area contributed by atoms with Crippen molar-refractivity contribution in [3.8, 4) is 0 Å². The standard InChI is InChI=1S/C20H24ClN3O4S/c1-20(2,3)28-18(26)22-10-12-7-8-24(11-12)16-13(5-4-6-14(16)21)9-15-17(25)23-19(27)29-15/h4-6,9,12H,7-8,10-11H2,1-3H3,(H,22,26)(H,23,25,27)/t12-/m1/s1. The summed E-state index contributed by atoms with van der Waals surface area (Å²) in [7, 11) is 0. The van der Waals surface area contributed by atoms with Crippen molar-refractivity contribution in [3.63, 3.8) is 0 Å². The van der Waals surface area contributed by atoms with Crippen LogP contribution in [0.2, 0.25) is 5.02 Å². The predicted octanol–water partition coefficient (Wildman–Crippen LogP) is 4.01. The van der Waals surface area contributed by atoms with Gasteiger partial charge in [-0.2, -0.15) is 0 Å². The first-order valence-corrected chi connectivity index (χ1v) is 10.6. The summed E-state index contributed by atoms with van der Waals surface area (Å²) in [6, 6.07) is 5.49. The van der Waals surface area contributed by atoms with Gasteiger partial charge >= 0.3 is 6.09 Å². The fraction of sp³-hybridized carbons (Fsp3) is 0.450. The molecule has 2 saturated heterocycles. The van der Waals surface area contributed by atoms with Crippen LogP contribution in [0.1, 0.15) is 32.8 Å². The Morgan fingerprint density at radius 3 is 2.83 bits per heavy atom. The van der Waals surface area contributed by atoms with Crippen LogP contribution < -0.4 is 15.5 Å². The molecule has 156 valence electrons. The fourth-order valence-corrected chi connectivity index (χ4v) is 4.26. The zero-order valence-electron chi connectivity index (χ0n) is 16.6. The van der Waals surface area contributed by atoms with Gasteiger partial charge in [0, 0.05) is 25.2 Å². The smallest absolute Gasteiger partial charge is 0.407 e. The van der Waals surface area contributed by atoms with E-state index in [1.807, 2.05) is 32.9 Å². The number of hydrogen-bond acceptors (Lipinski definition) is 6. The van der Waals surface area contributed by atoms with E-state index in [0.29, 0.717) is 23.0 Å². The molecule has 2 heterocycles. The molecule has 1 aromatic carbocycles. The highest BCUT2D eigenvalue weighted by Gasteiger charge is 2.29. The number of carbonyl (C=O) groups is 3. The Hall–Kier alpha value is -2.19. The Balaban J connectivity index is 1.69. The number of thioether (sulfide) groups is 1. The number of nitrogens with zero attached hydrogens (tertiary/aromatic N) is 1. The molecule has 1 aromatic rings. The number of nitrogens with one attached hydrogen (secondary N) is 2. The molecule has 0 unspecified atom stereocenters. The van der Waals surface area contributed by atoms with E-state index in [2.05, 4.69) is 15.5 Å². The number of para-hydroxylation sites is 1. The largest absolute Gasteiger partial charge is 0.444 e. The summed E-state index contributed by atoms with van der Waals surface area (Å²) >= 11 is 7.35. The number of alkyl carbamates (subject to hydrolysis) is 1. The summed E-state index contributed by atoms with van der Waals surface area (Å²) in [5, 5.41) is 5.29. The van der Waals surface area contributed by atoms with Gasteiger partial charge in [0.15, 0.2) is 0 Å². The number of imide groups is 1. The molecule has 0 aliphatic carbocycles. The van der Waals surface area contributed by atoms with E-state index in [1.54, 1.807) is 12.1 Å². The van der Waals surface area contributed by atoms with E-state index in [1.165, 1.54) is 0 Å². The maximum atomic E-state index is 11.9. The molecule has 3 amide bonds. The second kappa shape index (κ2) is 8.67. The first-order valence-electron chi connectivity index (χ1n) is 9.37. The van der Waals surface area contributed by atoms with Gasteiger partial charge in [0.25, 0.3) is 11.1 Å². The zero-order valence-corrected chi connectivity index (χ0v) is 18.2. The summed E-state index contributed by atoms with van der Waals surface area (Å²) < 4.78 is 5.28. The predicted molar refractivity (Wildman–Crippen MR) is 115 cm³/mol. The SMILES string of the molecule is CC(C)(C)OC(=O)NC[C@H]1CCN(c2c(Cl)cccc2C=C2SC(=O)NC2=O)C1. The van der Waals surface area contributed by atoms with Crippen molar-refractivity contribution in [2.45, 2.75) is 32.8 Å². The van der Waals surface area contributed by atoms with Crippen LogP contribution in [0.3, 0.4) is 0 Å². The van der Waals surface area contributed by atoms with Crippen molar-refractivity contribution < 1.29 is 19.1 Å². The quantitative estimate of drug-likeness (QED) is 0.692. The topological polar surface area (TPSA) is 87.7 Å². The van der Waals surface area contributed by atoms with E-state index >= 15 is 0 Å². The van der Waals surface area contributed by atoms with Gasteiger partial charge in [-0.05, 0) is 57.0 Å². The van der Waals surface area contributed by atoms with Crippen LogP contribution in [0.5, 0.6) is 0 Å². The molecule has 0 saturated carbocycles. The van der Waals surface area contributed by atoms with Gasteiger partial charge in [0.2, 0.25) is 0 Å². The number of carbonyl (C=O) groups excluding carboxylic acids is 3. The van der Waals surface area contributed by atoms with Gasteiger partial charge in [-0.1, -0.05) is 23.7 Å². The first kappa shape index (κ1) is 21.5. The molecule has 9 heteroatoms. The second-order valence-corrected chi connectivity index (χ2v) is 9.44. The molecular weight excluding hydrogens is 414 g/mol. The third-order valence-electron chi connectivity index (χ3n) is 4.48. The minimum atomic E-state index is -0.530. The van der Waals surface area contributed by atoms with Crippen molar-refractivity contribution in [1.82, 2.24) is 10.6 Å². The van der Waals surface area contributed by atoms with Crippen molar-refractivity contribution in [2.24, 2.45) is 5.92 Å². The Morgan fingerprint density at radius 1 is 1.41 bits per heavy atom. The molecule has 29 heavy (non-hydrogen) atoms. The van der Waals surface area contributed by atoms with Crippen molar-refractivity contribution in [3.05, 3.63) is 33.7 Å². The molecule has 1 atom stereocenters. The van der Waals surface area contributed by atoms with Crippen LogP contribution in [-0.2, 0) is 9.53 Å². The molecule has 2 aliphatic heterocycles. The van der Waals surface area contributed by atoms with E-state index in [-0.39, 0.29) is 11.2 Å². The van der Waals surface area contributed by atoms with Gasteiger partial charge in [0.1, 0.15) is 5.60 Å². The van der Waals surface area contributed by atoms with Crippen molar-refractivity contribution in [2.75, 3.05) is 24.5 Å². The number of benzene rings is 1. The lowest BCUT2D eigenvalue weighted by atomic mass is 10.1. The minimum absolute atomic E-state index is 0.255. The number of amides is 3. The van der Waals surface area contributed by atoms with Crippen LogP contribution >= 0.6 is 23.4 Å². The number of anilines is 1. The summed E-state index contributed by atoms with van der Waals surface area (Å²) in [4.78, 5) is 37.7. The van der Waals surface area contributed by atoms with Gasteiger partial charge in [-0.25, -0.2) is 4.79 Å². The number of halogens is 1. The summed E-state index contributed by atoms with van der Waals surface area (Å²) in [5.74, 6) is -0.142. The van der Waals surface area contributed by atoms with Gasteiger partial charge in [-0.15, -0.1) is 0 Å². The number of hydrogen-bond donors (Lipinski definition) is 2. The second-order valence-electron chi connectivity index (χ2n) is 8.01. The van der Waals surface area contributed by atoms with Gasteiger partial charge in [-0.3, -0.25) is 14.9 Å². The first-order chi connectivity index (χ1) is 13.6. The van der Waals surface area contributed by atoms with E-state index in [0.717, 1.165) is 36.0 Å². The Bertz CT molecular complexity index is 866. The highest BCUT2D eigenvalue weighted by Crippen LogP contribution is 2.36. The highest BCUT2D eigenvalue weighted by atomic mass is 35.5. The lowest BCUT2D eigenvalue weighted by Gasteiger charge is -2.23. The summed E-state index contributed by atoms with van der Waals surface area (Å²) in [5.41, 5.74) is 1.08. The molecular formula is C20H24ClN3O4S. The van der Waals surface area contributed by atoms with E-state index in [4.69, 9.17) is 16.3 Å². The van der Waals surface area contributed by atoms with Crippen LogP contribution in [0.15, 0.2) is 23.1 Å². The molecule has 0 bridgehead atoms. The molecule has 0 spiro atoms. The highest BCUT2D eigenvalue weighted by molar-refractivity contribution is 8.18. The maximum Gasteiger partial charge on any atom is 0.407 e. The summed E-state index contributed by atoms with van der Waals surface area (Å²) in [6.07, 6.45) is 2.16. The van der Waals surface area contributed by atoms with E-state index < -0.39 is 17.6 Å². The molecule has 2 N–H and O–H groups in total. The third kappa shape index (κ3) is 5.67. The minimum Gasteiger partial charge on any atom is -0.444 e. The van der Waals surface area contributed by atoms with Gasteiger partial charge in [0.05, 0.1) is 15.6 Å². The molecule has 7 nitrogen and oxygen atoms in total. The van der Waals surface area contributed by atoms with E-state index in [9.17, 15) is 14.4 Å². The fourth-order valence-electron chi connectivity index (χ4n) is 3.29. The average Bonchev–Trinajstić information content (AvgIpc) is 3.18. The third-order valence-corrected chi connectivity index (χ3v) is 5.60. The monoisotopic (exact) mass is 437 g/mol. The number of rotatable bonds is 4. The molecule has 0 radical (unpaired) electrons. The Kier molecular flexibility index (Phi) is 6.43. The number of ether oxygens (including phenoxy) is 1. The average molecular weight is 438 g/mol. The maximum absolute atomic E-state index is 11.9. The molecule has 2 fully saturated rings. The molecule has 2 aliphatic rings. The molecule has 0 aromatic heterocycles. The Morgan fingerprint density at radius 2 is 2.17 bits per heavy atom. The van der Waals surface area contributed by atoms with Crippen molar-refractivity contribution >= 4 is 52.4 Å². The van der Waals surface area contributed by atoms with Crippen molar-refractivity contribution in [1.29, 1.82) is 0 Å². The normalized spacial score (nSPS) is 20.9. The lowest BCUT2D eigenvalue weighted by molar-refractivity contribution is -0.115. The Labute approximate surface area is 179 Å². The summed E-state index contributed by atoms with van der Waals surface area (Å²) in [6.45, 7) is 7.49. The zero-order chi connectivity index (χ0) is 21.2. The molecule has 3 rings (SSSR count). The van der Waals surface area contributed by atoms with Crippen LogP contribution in [-0.4, -0.2) is 42.5 Å². The van der Waals surface area contributed by atoms with Crippen LogP contribution in [0.4, 0.5) is 15.3 Å². The van der Waals surface area contributed by atoms with Crippen LogP contribution in [0.25, 0.3) is 6.08 Å².